The monoisotopic (exact) mass is 331 g/mol. The maximum absolute atomic E-state index is 11.0. The van der Waals surface area contributed by atoms with Gasteiger partial charge in [-0.15, -0.1) is 24.8 Å². The number of fused-ring (bicyclic) bond motifs is 1. The second-order valence-electron chi connectivity index (χ2n) is 4.20. The smallest absolute Gasteiger partial charge is 0.221 e. The van der Waals surface area contributed by atoms with Crippen LogP contribution in [0.25, 0.3) is 5.70 Å². The Morgan fingerprint density at radius 2 is 2.00 bits per heavy atom. The molecule has 2 aliphatic rings. The highest BCUT2D eigenvalue weighted by molar-refractivity contribution is 8.16. The molecular weight excluding hydrogens is 317 g/mol. The number of carbonyl (C=O) groups is 1. The van der Waals surface area contributed by atoms with Crippen molar-refractivity contribution in [3.63, 3.8) is 0 Å². The molecular formula is C13H15Cl2N3OS. The topological polar surface area (TPSA) is 44.7 Å². The predicted molar refractivity (Wildman–Crippen MR) is 89.8 cm³/mol. The fraction of sp³-hybridized carbons (Fsp3) is 0.231. The minimum atomic E-state index is -0.0487. The number of hydrogen-bond donors (Lipinski definition) is 1. The number of benzene rings is 1. The van der Waals surface area contributed by atoms with Crippen molar-refractivity contribution in [2.75, 3.05) is 18.4 Å². The van der Waals surface area contributed by atoms with E-state index in [0.29, 0.717) is 0 Å². The molecule has 108 valence electrons. The number of nitrogens with one attached hydrogen (secondary N) is 1. The van der Waals surface area contributed by atoms with Crippen LogP contribution in [0.1, 0.15) is 12.5 Å². The first-order valence-corrected chi connectivity index (χ1v) is 6.69. The third kappa shape index (κ3) is 3.29. The summed E-state index contributed by atoms with van der Waals surface area (Å²) in [7, 11) is 0. The van der Waals surface area contributed by atoms with Gasteiger partial charge in [0.1, 0.15) is 0 Å². The Balaban J connectivity index is 0.000001000. The van der Waals surface area contributed by atoms with Crippen molar-refractivity contribution in [1.29, 1.82) is 0 Å². The number of aliphatic imine (C=N–C) groups is 1. The molecule has 3 rings (SSSR count). The van der Waals surface area contributed by atoms with Crippen LogP contribution in [0.4, 0.5) is 5.69 Å². The molecule has 2 aliphatic heterocycles. The van der Waals surface area contributed by atoms with E-state index in [4.69, 9.17) is 0 Å². The maximum Gasteiger partial charge on any atom is 0.221 e. The molecule has 4 nitrogen and oxygen atoms in total. The van der Waals surface area contributed by atoms with E-state index < -0.39 is 0 Å². The highest BCUT2D eigenvalue weighted by atomic mass is 35.5. The van der Waals surface area contributed by atoms with Crippen molar-refractivity contribution >= 4 is 59.0 Å². The molecule has 0 fully saturated rings. The lowest BCUT2D eigenvalue weighted by Gasteiger charge is -2.16. The van der Waals surface area contributed by atoms with Crippen molar-refractivity contribution in [1.82, 2.24) is 4.90 Å². The zero-order valence-corrected chi connectivity index (χ0v) is 13.3. The van der Waals surface area contributed by atoms with E-state index in [1.54, 1.807) is 11.8 Å². The van der Waals surface area contributed by atoms with Gasteiger partial charge in [0.15, 0.2) is 5.17 Å². The van der Waals surface area contributed by atoms with Gasteiger partial charge in [0.2, 0.25) is 5.91 Å². The van der Waals surface area contributed by atoms with Crippen LogP contribution in [-0.4, -0.2) is 29.1 Å². The first-order valence-electron chi connectivity index (χ1n) is 5.81. The SMILES string of the molecule is CC(=O)Nc1ccc(C2=CSC3=NCCN23)cc1.Cl.Cl. The molecule has 2 heterocycles. The molecule has 0 spiro atoms. The quantitative estimate of drug-likeness (QED) is 0.904. The van der Waals surface area contributed by atoms with Crippen molar-refractivity contribution < 1.29 is 4.79 Å². The summed E-state index contributed by atoms with van der Waals surface area (Å²) in [5.41, 5.74) is 3.18. The van der Waals surface area contributed by atoms with E-state index in [-0.39, 0.29) is 30.7 Å². The van der Waals surface area contributed by atoms with E-state index in [2.05, 4.69) is 20.6 Å². The summed E-state index contributed by atoms with van der Waals surface area (Å²) in [6.07, 6.45) is 0. The average Bonchev–Trinajstić information content (AvgIpc) is 2.91. The van der Waals surface area contributed by atoms with Gasteiger partial charge in [-0.25, -0.2) is 0 Å². The predicted octanol–water partition coefficient (Wildman–Crippen LogP) is 3.21. The molecule has 0 saturated heterocycles. The minimum Gasteiger partial charge on any atom is -0.326 e. The Morgan fingerprint density at radius 1 is 1.30 bits per heavy atom. The van der Waals surface area contributed by atoms with Crippen LogP contribution in [0, 0.1) is 0 Å². The zero-order chi connectivity index (χ0) is 12.5. The van der Waals surface area contributed by atoms with Crippen LogP contribution in [0.2, 0.25) is 0 Å². The van der Waals surface area contributed by atoms with Gasteiger partial charge in [0.05, 0.1) is 12.2 Å². The van der Waals surface area contributed by atoms with Crippen molar-refractivity contribution in [3.05, 3.63) is 35.2 Å². The lowest BCUT2D eigenvalue weighted by molar-refractivity contribution is -0.114. The Bertz CT molecular complexity index is 557. The molecule has 0 atom stereocenters. The van der Waals surface area contributed by atoms with Gasteiger partial charge >= 0.3 is 0 Å². The normalized spacial score (nSPS) is 15.6. The molecule has 1 N–H and O–H groups in total. The standard InChI is InChI=1S/C13H13N3OS.2ClH/c1-9(17)15-11-4-2-10(3-5-11)12-8-18-13-14-6-7-16(12)13;;/h2-5,8H,6-7H2,1H3,(H,15,17);2*1H. The molecule has 0 aliphatic carbocycles. The van der Waals surface area contributed by atoms with Crippen molar-refractivity contribution in [3.8, 4) is 0 Å². The molecule has 1 amide bonds. The van der Waals surface area contributed by atoms with Crippen LogP contribution in [0.15, 0.2) is 34.7 Å². The number of carbonyl (C=O) groups excluding carboxylic acids is 1. The van der Waals surface area contributed by atoms with Gasteiger partial charge in [0.25, 0.3) is 0 Å². The molecule has 0 saturated carbocycles. The largest absolute Gasteiger partial charge is 0.326 e. The van der Waals surface area contributed by atoms with Gasteiger partial charge in [-0.2, -0.15) is 0 Å². The van der Waals surface area contributed by atoms with Crippen LogP contribution in [0.3, 0.4) is 0 Å². The fourth-order valence-electron chi connectivity index (χ4n) is 2.07. The lowest BCUT2D eigenvalue weighted by atomic mass is 10.1. The summed E-state index contributed by atoms with van der Waals surface area (Å²) in [5, 5.41) is 5.99. The number of nitrogens with zero attached hydrogens (tertiary/aromatic N) is 2. The summed E-state index contributed by atoms with van der Waals surface area (Å²) in [6.45, 7) is 3.35. The molecule has 1 aromatic rings. The Labute approximate surface area is 134 Å². The summed E-state index contributed by atoms with van der Waals surface area (Å²) in [6, 6.07) is 7.90. The Morgan fingerprint density at radius 3 is 2.65 bits per heavy atom. The molecule has 0 aromatic heterocycles. The number of hydrogen-bond acceptors (Lipinski definition) is 4. The fourth-order valence-corrected chi connectivity index (χ4v) is 3.04. The molecule has 7 heteroatoms. The third-order valence-corrected chi connectivity index (χ3v) is 3.77. The van der Waals surface area contributed by atoms with Crippen LogP contribution < -0.4 is 5.32 Å². The average molecular weight is 332 g/mol. The molecule has 20 heavy (non-hydrogen) atoms. The second-order valence-corrected chi connectivity index (χ2v) is 5.03. The van der Waals surface area contributed by atoms with Crippen molar-refractivity contribution in [2.24, 2.45) is 4.99 Å². The number of amidine groups is 1. The number of amides is 1. The number of rotatable bonds is 2. The van der Waals surface area contributed by atoms with E-state index in [9.17, 15) is 4.79 Å². The summed E-state index contributed by atoms with van der Waals surface area (Å²) >= 11 is 1.67. The summed E-state index contributed by atoms with van der Waals surface area (Å²) < 4.78 is 0. The highest BCUT2D eigenvalue weighted by Gasteiger charge is 2.26. The second kappa shape index (κ2) is 7.02. The molecule has 1 aromatic carbocycles. The summed E-state index contributed by atoms with van der Waals surface area (Å²) in [5.74, 6) is -0.0487. The number of halogens is 2. The zero-order valence-electron chi connectivity index (χ0n) is 10.8. The lowest BCUT2D eigenvalue weighted by Crippen LogP contribution is -2.19. The number of anilines is 1. The first kappa shape index (κ1) is 16.9. The molecule has 0 radical (unpaired) electrons. The Hall–Kier alpha value is -1.17. The van der Waals surface area contributed by atoms with Gasteiger partial charge in [0, 0.05) is 24.6 Å². The van der Waals surface area contributed by atoms with Crippen LogP contribution in [0.5, 0.6) is 0 Å². The molecule has 0 bridgehead atoms. The Kier molecular flexibility index (Phi) is 5.92. The maximum atomic E-state index is 11.0. The minimum absolute atomic E-state index is 0. The van der Waals surface area contributed by atoms with E-state index in [1.807, 2.05) is 24.3 Å². The van der Waals surface area contributed by atoms with Gasteiger partial charge in [-0.05, 0) is 17.7 Å². The third-order valence-electron chi connectivity index (χ3n) is 2.87. The van der Waals surface area contributed by atoms with Crippen LogP contribution >= 0.6 is 36.6 Å². The van der Waals surface area contributed by atoms with E-state index in [0.717, 1.165) is 29.5 Å². The van der Waals surface area contributed by atoms with Gasteiger partial charge in [-0.1, -0.05) is 23.9 Å². The highest BCUT2D eigenvalue weighted by Crippen LogP contribution is 2.35. The van der Waals surface area contributed by atoms with E-state index >= 15 is 0 Å². The summed E-state index contributed by atoms with van der Waals surface area (Å²) in [4.78, 5) is 17.6. The van der Waals surface area contributed by atoms with Crippen molar-refractivity contribution in [2.45, 2.75) is 6.92 Å². The van der Waals surface area contributed by atoms with Gasteiger partial charge in [-0.3, -0.25) is 9.79 Å². The molecule has 0 unspecified atom stereocenters. The van der Waals surface area contributed by atoms with Crippen LogP contribution in [-0.2, 0) is 4.79 Å². The van der Waals surface area contributed by atoms with E-state index in [1.165, 1.54) is 12.6 Å². The number of thioether (sulfide) groups is 1. The van der Waals surface area contributed by atoms with Gasteiger partial charge < -0.3 is 10.2 Å². The first-order chi connectivity index (χ1) is 8.74.